The Morgan fingerprint density at radius 2 is 0.897 bits per heavy atom. The second kappa shape index (κ2) is 23.2. The molecule has 1 atom stereocenters. The summed E-state index contributed by atoms with van der Waals surface area (Å²) in [6.07, 6.45) is 21.1. The monoisotopic (exact) mass is 538 g/mol. The van der Waals surface area contributed by atoms with Gasteiger partial charge in [0, 0.05) is 0 Å². The summed E-state index contributed by atoms with van der Waals surface area (Å²) in [5.74, 6) is -3.39. The Morgan fingerprint density at radius 1 is 0.586 bits per heavy atom. The Bertz CT molecular complexity index is 373. The number of hydrogen-bond donors (Lipinski definition) is 2. The molecule has 0 amide bonds. The van der Waals surface area contributed by atoms with Gasteiger partial charge in [-0.3, -0.25) is 9.59 Å². The summed E-state index contributed by atoms with van der Waals surface area (Å²) >= 11 is 0. The van der Waals surface area contributed by atoms with Crippen molar-refractivity contribution in [3.05, 3.63) is 0 Å². The van der Waals surface area contributed by atoms with Crippen molar-refractivity contribution in [1.29, 1.82) is 0 Å². The topological polar surface area (TPSA) is 74.6 Å². The molecule has 0 rings (SSSR count). The van der Waals surface area contributed by atoms with Crippen molar-refractivity contribution < 1.29 is 19.8 Å². The van der Waals surface area contributed by atoms with Crippen LogP contribution in [0.15, 0.2) is 0 Å². The van der Waals surface area contributed by atoms with Crippen molar-refractivity contribution in [2.45, 2.75) is 129 Å². The molecular formula is C24H48BaO4. The van der Waals surface area contributed by atoms with Crippen molar-refractivity contribution in [3.63, 3.8) is 0 Å². The Hall–Kier alpha value is 0.511. The summed E-state index contributed by atoms with van der Waals surface area (Å²) in [4.78, 5) is 22.5. The van der Waals surface area contributed by atoms with Gasteiger partial charge >= 0.3 is 60.8 Å². The molecule has 4 nitrogen and oxygen atoms in total. The van der Waals surface area contributed by atoms with E-state index in [0.717, 1.165) is 25.7 Å². The summed E-state index contributed by atoms with van der Waals surface area (Å²) in [6.45, 7) is 4.44. The van der Waals surface area contributed by atoms with Gasteiger partial charge in [-0.2, -0.15) is 0 Å². The van der Waals surface area contributed by atoms with Crippen LogP contribution < -0.4 is 0 Å². The SMILES string of the molecule is CCCCCCCCCCCCC(CCCCCCC)CC(C(=O)O)C(=O)O.[BaH2]. The van der Waals surface area contributed by atoms with Crippen LogP contribution in [0.2, 0.25) is 0 Å². The summed E-state index contributed by atoms with van der Waals surface area (Å²) in [6, 6.07) is 0. The fourth-order valence-corrected chi connectivity index (χ4v) is 3.98. The number of unbranched alkanes of at least 4 members (excludes halogenated alkanes) is 13. The molecule has 0 aliphatic heterocycles. The van der Waals surface area contributed by atoms with Crippen molar-refractivity contribution in [2.24, 2.45) is 11.8 Å². The number of carboxylic acid groups (broad SMARTS) is 2. The van der Waals surface area contributed by atoms with E-state index in [4.69, 9.17) is 0 Å². The first-order valence-corrected chi connectivity index (χ1v) is 12.0. The van der Waals surface area contributed by atoms with Crippen LogP contribution in [0, 0.1) is 11.8 Å². The standard InChI is InChI=1S/C24H46O4.Ba.2H/c1-3-5-7-9-10-11-12-13-15-17-19-21(18-16-14-8-6-4-2)20-22(23(25)26)24(27)28;;;/h21-22H,3-20H2,1-2H3,(H,25,26)(H,27,28);;;. The van der Waals surface area contributed by atoms with E-state index in [1.165, 1.54) is 83.5 Å². The van der Waals surface area contributed by atoms with Crippen LogP contribution in [-0.4, -0.2) is 71.0 Å². The first-order valence-electron chi connectivity index (χ1n) is 12.0. The Kier molecular flexibility index (Phi) is 25.3. The number of carboxylic acids is 2. The Labute approximate surface area is 220 Å². The number of hydrogen-bond acceptors (Lipinski definition) is 2. The molecule has 0 bridgehead atoms. The van der Waals surface area contributed by atoms with Gasteiger partial charge in [0.1, 0.15) is 0 Å². The zero-order valence-corrected chi connectivity index (χ0v) is 18.6. The van der Waals surface area contributed by atoms with Gasteiger partial charge < -0.3 is 10.2 Å². The first kappa shape index (κ1) is 31.7. The van der Waals surface area contributed by atoms with Gasteiger partial charge in [0.2, 0.25) is 0 Å². The van der Waals surface area contributed by atoms with Gasteiger partial charge in [0.25, 0.3) is 0 Å². The first-order chi connectivity index (χ1) is 13.5. The van der Waals surface area contributed by atoms with Crippen molar-refractivity contribution in [2.75, 3.05) is 0 Å². The van der Waals surface area contributed by atoms with Crippen LogP contribution in [0.4, 0.5) is 0 Å². The number of carbonyl (C=O) groups is 2. The Balaban J connectivity index is 0. The number of rotatable bonds is 21. The van der Waals surface area contributed by atoms with Gasteiger partial charge in [-0.25, -0.2) is 0 Å². The average molecular weight is 538 g/mol. The molecule has 0 fully saturated rings. The van der Waals surface area contributed by atoms with Crippen LogP contribution in [0.25, 0.3) is 0 Å². The molecule has 5 heteroatoms. The molecule has 0 aromatic rings. The molecule has 1 unspecified atom stereocenters. The molecule has 0 radical (unpaired) electrons. The molecule has 0 heterocycles. The fraction of sp³-hybridized carbons (Fsp3) is 0.917. The normalized spacial score (nSPS) is 12.0. The van der Waals surface area contributed by atoms with Crippen molar-refractivity contribution >= 4 is 60.8 Å². The van der Waals surface area contributed by atoms with Gasteiger partial charge in [0.05, 0.1) is 0 Å². The van der Waals surface area contributed by atoms with E-state index in [-0.39, 0.29) is 61.2 Å². The van der Waals surface area contributed by atoms with E-state index in [9.17, 15) is 19.8 Å². The molecule has 0 spiro atoms. The zero-order chi connectivity index (χ0) is 21.0. The van der Waals surface area contributed by atoms with E-state index >= 15 is 0 Å². The molecular weight excluding hydrogens is 490 g/mol. The maximum absolute atomic E-state index is 11.3. The van der Waals surface area contributed by atoms with E-state index in [1.54, 1.807) is 0 Å². The van der Waals surface area contributed by atoms with Crippen LogP contribution in [0.5, 0.6) is 0 Å². The van der Waals surface area contributed by atoms with Gasteiger partial charge in [0.15, 0.2) is 5.92 Å². The predicted octanol–water partition coefficient (Wildman–Crippen LogP) is 6.53. The molecule has 0 aliphatic rings. The molecule has 0 aromatic heterocycles. The maximum atomic E-state index is 11.3. The second-order valence-electron chi connectivity index (χ2n) is 8.50. The summed E-state index contributed by atoms with van der Waals surface area (Å²) in [5.41, 5.74) is 0. The van der Waals surface area contributed by atoms with Crippen molar-refractivity contribution in [1.82, 2.24) is 0 Å². The molecule has 29 heavy (non-hydrogen) atoms. The van der Waals surface area contributed by atoms with Crippen LogP contribution in [-0.2, 0) is 9.59 Å². The fourth-order valence-electron chi connectivity index (χ4n) is 3.98. The van der Waals surface area contributed by atoms with Crippen LogP contribution >= 0.6 is 0 Å². The molecule has 2 N–H and O–H groups in total. The van der Waals surface area contributed by atoms with E-state index in [2.05, 4.69) is 13.8 Å². The van der Waals surface area contributed by atoms with E-state index in [1.807, 2.05) is 0 Å². The molecule has 0 saturated carbocycles. The molecule has 0 aromatic carbocycles. The van der Waals surface area contributed by atoms with Gasteiger partial charge in [-0.05, 0) is 12.3 Å². The minimum atomic E-state index is -1.25. The van der Waals surface area contributed by atoms with Gasteiger partial charge in [-0.15, -0.1) is 0 Å². The third kappa shape index (κ3) is 20.2. The second-order valence-corrected chi connectivity index (χ2v) is 8.50. The molecule has 170 valence electrons. The minimum absolute atomic E-state index is 0. The van der Waals surface area contributed by atoms with Gasteiger partial charge in [-0.1, -0.05) is 123 Å². The zero-order valence-electron chi connectivity index (χ0n) is 18.6. The summed E-state index contributed by atoms with van der Waals surface area (Å²) < 4.78 is 0. The van der Waals surface area contributed by atoms with Crippen LogP contribution in [0.3, 0.4) is 0 Å². The summed E-state index contributed by atoms with van der Waals surface area (Å²) in [5, 5.41) is 18.4. The Morgan fingerprint density at radius 3 is 1.21 bits per heavy atom. The van der Waals surface area contributed by atoms with Crippen molar-refractivity contribution in [3.8, 4) is 0 Å². The van der Waals surface area contributed by atoms with Crippen LogP contribution in [0.1, 0.15) is 129 Å². The predicted molar refractivity (Wildman–Crippen MR) is 125 cm³/mol. The third-order valence-electron chi connectivity index (χ3n) is 5.85. The quantitative estimate of drug-likeness (QED) is 0.0991. The van der Waals surface area contributed by atoms with E-state index < -0.39 is 17.9 Å². The third-order valence-corrected chi connectivity index (χ3v) is 5.85. The number of aliphatic carboxylic acids is 2. The average Bonchev–Trinajstić information content (AvgIpc) is 2.65. The van der Waals surface area contributed by atoms with E-state index in [0.29, 0.717) is 0 Å². The molecule has 0 saturated heterocycles. The molecule has 0 aliphatic carbocycles. The summed E-state index contributed by atoms with van der Waals surface area (Å²) in [7, 11) is 0.